The number of ether oxygens (including phenoxy) is 2. The first kappa shape index (κ1) is 46.6. The second kappa shape index (κ2) is 23.2. The molecule has 0 bridgehead atoms. The molecule has 14 heteroatoms. The van der Waals surface area contributed by atoms with Gasteiger partial charge in [-0.05, 0) is 101 Å². The van der Waals surface area contributed by atoms with Crippen molar-refractivity contribution in [2.75, 3.05) is 13.2 Å². The minimum absolute atomic E-state index is 0.225. The Labute approximate surface area is 303 Å². The van der Waals surface area contributed by atoms with E-state index in [0.717, 1.165) is 15.2 Å². The molecule has 0 saturated carbocycles. The lowest BCUT2D eigenvalue weighted by atomic mass is 9.85. The molecule has 0 amide bonds. The lowest BCUT2D eigenvalue weighted by Crippen LogP contribution is -2.47. The van der Waals surface area contributed by atoms with Gasteiger partial charge in [0.25, 0.3) is 18.6 Å². The van der Waals surface area contributed by atoms with Crippen LogP contribution in [0.4, 0.5) is 8.78 Å². The lowest BCUT2D eigenvalue weighted by molar-refractivity contribution is -0.148. The third-order valence-corrected chi connectivity index (χ3v) is 7.86. The standard InChI is InChI=1S/C15H20FNO3.C12H15BrFNO3.C9H18BO2/c1-4-7-11-9-12(16)14(18)17(10-11)13(8-5-2)15(19)20-6-3;1-3-5-10(12(17)18-4-2)15-7-8(13)6-9(14)11(15)16;1-6-7-10-12-9(4,5)8(2,3)11/h4,9-10,13H,1,5-8H2,2-3H3;6-7,10H,3-5H2,1-2H3;6,11H,1,7H2,2-5H3. The van der Waals surface area contributed by atoms with Crippen molar-refractivity contribution in [3.8, 4) is 0 Å². The minimum atomic E-state index is -0.894. The van der Waals surface area contributed by atoms with Gasteiger partial charge in [0.1, 0.15) is 12.1 Å². The molecule has 2 aromatic heterocycles. The highest BCUT2D eigenvalue weighted by Crippen LogP contribution is 2.24. The molecule has 2 rings (SSSR count). The Bertz CT molecular complexity index is 1500. The van der Waals surface area contributed by atoms with E-state index in [-0.39, 0.29) is 13.2 Å². The van der Waals surface area contributed by atoms with E-state index in [4.69, 9.17) is 14.1 Å². The van der Waals surface area contributed by atoms with Gasteiger partial charge in [0.05, 0.1) is 24.4 Å². The summed E-state index contributed by atoms with van der Waals surface area (Å²) in [5, 5.41) is 9.67. The van der Waals surface area contributed by atoms with Crippen molar-refractivity contribution in [3.05, 3.63) is 92.2 Å². The van der Waals surface area contributed by atoms with Crippen molar-refractivity contribution < 1.29 is 37.6 Å². The van der Waals surface area contributed by atoms with Crippen molar-refractivity contribution in [2.24, 2.45) is 0 Å². The van der Waals surface area contributed by atoms with Gasteiger partial charge in [-0.25, -0.2) is 18.4 Å². The molecule has 0 aliphatic carbocycles. The number of aliphatic hydroxyl groups is 1. The van der Waals surface area contributed by atoms with Gasteiger partial charge in [0, 0.05) is 16.9 Å². The maximum atomic E-state index is 13.7. The summed E-state index contributed by atoms with van der Waals surface area (Å²) in [5.74, 6) is -2.78. The van der Waals surface area contributed by atoms with Crippen LogP contribution in [0.3, 0.4) is 0 Å². The summed E-state index contributed by atoms with van der Waals surface area (Å²) in [6.45, 7) is 21.9. The van der Waals surface area contributed by atoms with Crippen molar-refractivity contribution in [1.82, 2.24) is 9.13 Å². The molecule has 2 heterocycles. The van der Waals surface area contributed by atoms with E-state index < -0.39 is 58.0 Å². The molecule has 50 heavy (non-hydrogen) atoms. The molecule has 2 unspecified atom stereocenters. The Morgan fingerprint density at radius 1 is 0.880 bits per heavy atom. The molecule has 0 fully saturated rings. The first-order valence-electron chi connectivity index (χ1n) is 16.6. The van der Waals surface area contributed by atoms with Crippen LogP contribution in [0.25, 0.3) is 0 Å². The summed E-state index contributed by atoms with van der Waals surface area (Å²) in [6, 6.07) is 0.683. The Balaban J connectivity index is 0.000000744. The number of aromatic nitrogens is 2. The quantitative estimate of drug-likeness (QED) is 0.0786. The molecule has 1 radical (unpaired) electrons. The Kier molecular flexibility index (Phi) is 21.6. The highest BCUT2D eigenvalue weighted by Gasteiger charge is 2.35. The van der Waals surface area contributed by atoms with Gasteiger partial charge in [-0.15, -0.1) is 13.2 Å². The number of carbonyl (C=O) groups is 2. The smallest absolute Gasteiger partial charge is 0.329 e. The van der Waals surface area contributed by atoms with Crippen molar-refractivity contribution in [1.29, 1.82) is 0 Å². The zero-order chi connectivity index (χ0) is 38.7. The fourth-order valence-corrected chi connectivity index (χ4v) is 4.55. The van der Waals surface area contributed by atoms with Crippen LogP contribution >= 0.6 is 15.9 Å². The van der Waals surface area contributed by atoms with Gasteiger partial charge in [-0.3, -0.25) is 18.7 Å². The third kappa shape index (κ3) is 15.3. The number of hydrogen-bond acceptors (Lipinski definition) is 8. The second-order valence-electron chi connectivity index (χ2n) is 12.1. The van der Waals surface area contributed by atoms with Gasteiger partial charge in [-0.1, -0.05) is 38.8 Å². The molecule has 0 aromatic carbocycles. The molecule has 10 nitrogen and oxygen atoms in total. The summed E-state index contributed by atoms with van der Waals surface area (Å²) in [5.41, 5.74) is -2.42. The topological polar surface area (TPSA) is 126 Å². The minimum Gasteiger partial charge on any atom is -0.464 e. The number of hydrogen-bond donors (Lipinski definition) is 1. The predicted molar refractivity (Wildman–Crippen MR) is 196 cm³/mol. The highest BCUT2D eigenvalue weighted by atomic mass is 79.9. The molecular weight excluding hydrogens is 717 g/mol. The van der Waals surface area contributed by atoms with Gasteiger partial charge in [-0.2, -0.15) is 0 Å². The van der Waals surface area contributed by atoms with E-state index >= 15 is 0 Å². The summed E-state index contributed by atoms with van der Waals surface area (Å²) in [4.78, 5) is 47.3. The maximum absolute atomic E-state index is 13.7. The van der Waals surface area contributed by atoms with E-state index in [0.29, 0.717) is 48.5 Å². The van der Waals surface area contributed by atoms with Crippen LogP contribution in [0.1, 0.15) is 98.7 Å². The first-order chi connectivity index (χ1) is 23.4. The number of carbonyl (C=O) groups excluding carboxylic acids is 2. The third-order valence-electron chi connectivity index (χ3n) is 7.43. The largest absolute Gasteiger partial charge is 0.464 e. The monoisotopic (exact) mass is 769 g/mol. The lowest BCUT2D eigenvalue weighted by Gasteiger charge is -2.37. The first-order valence-corrected chi connectivity index (χ1v) is 17.4. The van der Waals surface area contributed by atoms with Crippen LogP contribution in [0.5, 0.6) is 0 Å². The van der Waals surface area contributed by atoms with Crippen LogP contribution in [0.2, 0.25) is 6.32 Å². The zero-order valence-electron chi connectivity index (χ0n) is 30.6. The molecule has 2 aromatic rings. The van der Waals surface area contributed by atoms with E-state index in [1.165, 1.54) is 18.5 Å². The average molecular weight is 771 g/mol. The second-order valence-corrected chi connectivity index (χ2v) is 13.0. The van der Waals surface area contributed by atoms with Crippen LogP contribution in [-0.2, 0) is 30.1 Å². The SMILES string of the molecule is C=CC[B]OC(C)(C)C(C)(C)O.C=CCc1cc(F)c(=O)n(C(CCC)C(=O)OCC)c1.CCCC(C(=O)OCC)n1cc(Br)cc(F)c1=O. The molecule has 0 aliphatic heterocycles. The van der Waals surface area contributed by atoms with Gasteiger partial charge in [0.2, 0.25) is 0 Å². The highest BCUT2D eigenvalue weighted by molar-refractivity contribution is 9.10. The Morgan fingerprint density at radius 3 is 1.74 bits per heavy atom. The van der Waals surface area contributed by atoms with E-state index in [2.05, 4.69) is 29.1 Å². The van der Waals surface area contributed by atoms with Crippen LogP contribution in [0, 0.1) is 11.6 Å². The van der Waals surface area contributed by atoms with E-state index in [1.54, 1.807) is 47.3 Å². The van der Waals surface area contributed by atoms with Crippen LogP contribution in [-0.4, -0.2) is 58.1 Å². The Hall–Kier alpha value is -3.36. The number of halogens is 3. The number of nitrogens with zero attached hydrogens (tertiary/aromatic N) is 2. The van der Waals surface area contributed by atoms with Crippen molar-refractivity contribution in [3.63, 3.8) is 0 Å². The molecule has 0 saturated heterocycles. The molecule has 0 aliphatic rings. The van der Waals surface area contributed by atoms with Crippen LogP contribution < -0.4 is 11.1 Å². The van der Waals surface area contributed by atoms with Crippen molar-refractivity contribution >= 4 is 35.4 Å². The number of rotatable bonds is 17. The van der Waals surface area contributed by atoms with Crippen molar-refractivity contribution in [2.45, 2.75) is 117 Å². The molecule has 279 valence electrons. The molecule has 2 atom stereocenters. The molecular formula is C36H53BBrF2N2O8. The fraction of sp³-hybridized carbons (Fsp3) is 0.556. The molecule has 0 spiro atoms. The zero-order valence-corrected chi connectivity index (χ0v) is 32.2. The Morgan fingerprint density at radius 2 is 1.34 bits per heavy atom. The van der Waals surface area contributed by atoms with E-state index in [9.17, 15) is 33.1 Å². The predicted octanol–water partition coefficient (Wildman–Crippen LogP) is 7.05. The number of pyridine rings is 2. The van der Waals surface area contributed by atoms with Gasteiger partial charge >= 0.3 is 11.9 Å². The number of allylic oxidation sites excluding steroid dienone is 2. The summed E-state index contributed by atoms with van der Waals surface area (Å²) >= 11 is 3.10. The fourth-order valence-electron chi connectivity index (χ4n) is 4.13. The average Bonchev–Trinajstić information content (AvgIpc) is 3.03. The summed E-state index contributed by atoms with van der Waals surface area (Å²) in [7, 11) is 1.66. The van der Waals surface area contributed by atoms with E-state index in [1.807, 2.05) is 27.7 Å². The summed E-state index contributed by atoms with van der Waals surface area (Å²) < 4.78 is 45.0. The number of esters is 2. The van der Waals surface area contributed by atoms with Gasteiger partial charge in [0.15, 0.2) is 11.6 Å². The van der Waals surface area contributed by atoms with Gasteiger partial charge < -0.3 is 19.2 Å². The molecule has 1 N–H and O–H groups in total. The van der Waals surface area contributed by atoms with Crippen LogP contribution in [0.15, 0.2) is 63.9 Å². The normalized spacial score (nSPS) is 12.2. The summed E-state index contributed by atoms with van der Waals surface area (Å²) in [6.07, 6.45) is 9.62. The maximum Gasteiger partial charge on any atom is 0.329 e.